The van der Waals surface area contributed by atoms with E-state index in [1.807, 2.05) is 19.1 Å². The molecule has 2 amide bonds. The molecule has 41 heavy (non-hydrogen) atoms. The molecule has 0 aromatic heterocycles. The van der Waals surface area contributed by atoms with Crippen molar-refractivity contribution in [1.82, 2.24) is 0 Å². The fourth-order valence-corrected chi connectivity index (χ4v) is 4.97. The van der Waals surface area contributed by atoms with E-state index in [0.717, 1.165) is 5.56 Å². The Hall–Kier alpha value is -4.53. The molecule has 206 valence electrons. The summed E-state index contributed by atoms with van der Waals surface area (Å²) in [4.78, 5) is 30.2. The lowest BCUT2D eigenvalue weighted by molar-refractivity contribution is -0.120. The quantitative estimate of drug-likeness (QED) is 0.124. The number of thiocarbonyl (C=S) groups is 1. The van der Waals surface area contributed by atoms with Gasteiger partial charge in [-0.05, 0) is 84.9 Å². The maximum Gasteiger partial charge on any atom is 0.270 e. The Morgan fingerprint density at radius 1 is 0.829 bits per heavy atom. The average molecular weight is 587 g/mol. The van der Waals surface area contributed by atoms with Crippen molar-refractivity contribution in [2.24, 2.45) is 0 Å². The van der Waals surface area contributed by atoms with Crippen LogP contribution >= 0.6 is 23.8 Å². The van der Waals surface area contributed by atoms with E-state index in [-0.39, 0.29) is 28.1 Å². The monoisotopic (exact) mass is 586 g/mol. The molecule has 1 saturated heterocycles. The molecule has 0 unspecified atom stereocenters. The molecular weight excluding hydrogens is 563 g/mol. The van der Waals surface area contributed by atoms with Gasteiger partial charge in [-0.1, -0.05) is 60.1 Å². The van der Waals surface area contributed by atoms with Gasteiger partial charge in [0.2, 0.25) is 0 Å². The van der Waals surface area contributed by atoms with Crippen LogP contribution in [0.5, 0.6) is 11.5 Å². The van der Waals surface area contributed by atoms with E-state index >= 15 is 0 Å². The number of hydrogen-bond donors (Lipinski definition) is 0. The van der Waals surface area contributed by atoms with Crippen molar-refractivity contribution in [3.05, 3.63) is 125 Å². The van der Waals surface area contributed by atoms with E-state index < -0.39 is 11.8 Å². The summed E-state index contributed by atoms with van der Waals surface area (Å²) in [5, 5.41) is 0.267. The molecule has 0 N–H and O–H groups in total. The summed E-state index contributed by atoms with van der Waals surface area (Å²) in [6.07, 6.45) is 1.47. The van der Waals surface area contributed by atoms with Gasteiger partial charge in [0.1, 0.15) is 18.0 Å². The number of carbonyl (C=O) groups is 2. The zero-order valence-electron chi connectivity index (χ0n) is 21.9. The third kappa shape index (κ3) is 5.99. The van der Waals surface area contributed by atoms with Crippen LogP contribution in [0.15, 0.2) is 103 Å². The van der Waals surface area contributed by atoms with Gasteiger partial charge in [-0.2, -0.15) is 0 Å². The maximum absolute atomic E-state index is 13.8. The summed E-state index contributed by atoms with van der Waals surface area (Å²) in [6.45, 7) is 2.26. The Labute approximate surface area is 247 Å². The van der Waals surface area contributed by atoms with Gasteiger partial charge in [0.25, 0.3) is 11.8 Å². The first-order valence-corrected chi connectivity index (χ1v) is 13.5. The number of hydrogen-bond acceptors (Lipinski definition) is 5. The fraction of sp³-hybridized carbons (Fsp3) is 0.0938. The van der Waals surface area contributed by atoms with E-state index in [0.29, 0.717) is 35.0 Å². The number of para-hydroxylation sites is 2. The summed E-state index contributed by atoms with van der Waals surface area (Å²) in [6, 6.07) is 27.0. The molecule has 1 aliphatic heterocycles. The largest absolute Gasteiger partial charge is 0.490 e. The molecule has 0 saturated carbocycles. The Morgan fingerprint density at radius 3 is 1.93 bits per heavy atom. The first-order chi connectivity index (χ1) is 19.9. The molecule has 1 heterocycles. The summed E-state index contributed by atoms with van der Waals surface area (Å²) in [5.41, 5.74) is 2.15. The van der Waals surface area contributed by atoms with Crippen molar-refractivity contribution in [3.8, 4) is 11.5 Å². The van der Waals surface area contributed by atoms with Crippen molar-refractivity contribution in [2.45, 2.75) is 13.5 Å². The minimum Gasteiger partial charge on any atom is -0.490 e. The van der Waals surface area contributed by atoms with Crippen molar-refractivity contribution in [3.63, 3.8) is 0 Å². The first kappa shape index (κ1) is 28.0. The highest BCUT2D eigenvalue weighted by Crippen LogP contribution is 2.38. The standard InChI is InChI=1S/C32H24ClFN2O4S/c1-2-39-28-19-22(18-27(33)29(28)40-20-21-13-15-23(34)16-14-21)17-26-30(37)35(24-9-5-3-6-10-24)32(41)36(31(26)38)25-11-7-4-8-12-25/h3-19H,2,20H2,1H3. The molecular formula is C32H24ClFN2O4S. The maximum atomic E-state index is 13.8. The third-order valence-corrected chi connectivity index (χ3v) is 6.86. The molecule has 5 rings (SSSR count). The molecule has 9 heteroatoms. The molecule has 0 atom stereocenters. The van der Waals surface area contributed by atoms with Crippen molar-refractivity contribution in [2.75, 3.05) is 16.4 Å². The minimum atomic E-state index is -0.566. The SMILES string of the molecule is CCOc1cc(C=C2C(=O)N(c3ccccc3)C(=S)N(c3ccccc3)C2=O)cc(Cl)c1OCc1ccc(F)cc1. The van der Waals surface area contributed by atoms with Gasteiger partial charge in [0.15, 0.2) is 16.6 Å². The van der Waals surface area contributed by atoms with E-state index in [1.165, 1.54) is 28.0 Å². The van der Waals surface area contributed by atoms with Gasteiger partial charge in [-0.15, -0.1) is 0 Å². The second-order valence-corrected chi connectivity index (χ2v) is 9.74. The highest BCUT2D eigenvalue weighted by molar-refractivity contribution is 7.81. The highest BCUT2D eigenvalue weighted by Gasteiger charge is 2.41. The Kier molecular flexibility index (Phi) is 8.42. The van der Waals surface area contributed by atoms with Crippen LogP contribution in [-0.2, 0) is 16.2 Å². The number of ether oxygens (including phenoxy) is 2. The minimum absolute atomic E-state index is 0.0483. The number of benzene rings is 4. The van der Waals surface area contributed by atoms with Gasteiger partial charge >= 0.3 is 0 Å². The average Bonchev–Trinajstić information content (AvgIpc) is 2.97. The predicted molar refractivity (Wildman–Crippen MR) is 162 cm³/mol. The number of halogens is 2. The van der Waals surface area contributed by atoms with Crippen LogP contribution in [0.3, 0.4) is 0 Å². The zero-order chi connectivity index (χ0) is 28.9. The van der Waals surface area contributed by atoms with Crippen LogP contribution in [0.4, 0.5) is 15.8 Å². The van der Waals surface area contributed by atoms with Crippen LogP contribution in [0.2, 0.25) is 5.02 Å². The summed E-state index contributed by atoms with van der Waals surface area (Å²) in [5.74, 6) is -0.851. The Morgan fingerprint density at radius 2 is 1.39 bits per heavy atom. The number of nitrogens with zero attached hydrogens (tertiary/aromatic N) is 2. The molecule has 1 aliphatic rings. The van der Waals surface area contributed by atoms with Gasteiger partial charge < -0.3 is 9.47 Å². The molecule has 4 aromatic rings. The molecule has 4 aromatic carbocycles. The first-order valence-electron chi connectivity index (χ1n) is 12.8. The summed E-state index contributed by atoms with van der Waals surface area (Å²) < 4.78 is 25.0. The van der Waals surface area contributed by atoms with Gasteiger partial charge in [0, 0.05) is 0 Å². The lowest BCUT2D eigenvalue weighted by atomic mass is 10.0. The molecule has 0 aliphatic carbocycles. The van der Waals surface area contributed by atoms with Crippen molar-refractivity contribution >= 4 is 58.2 Å². The Balaban J connectivity index is 1.55. The number of rotatable bonds is 8. The molecule has 6 nitrogen and oxygen atoms in total. The zero-order valence-corrected chi connectivity index (χ0v) is 23.5. The summed E-state index contributed by atoms with van der Waals surface area (Å²) >= 11 is 12.3. The van der Waals surface area contributed by atoms with Gasteiger partial charge in [-0.3, -0.25) is 19.4 Å². The second kappa shape index (κ2) is 12.3. The van der Waals surface area contributed by atoms with Gasteiger partial charge in [0.05, 0.1) is 23.0 Å². The smallest absolute Gasteiger partial charge is 0.270 e. The van der Waals surface area contributed by atoms with Crippen LogP contribution in [0, 0.1) is 5.82 Å². The second-order valence-electron chi connectivity index (χ2n) is 8.97. The van der Waals surface area contributed by atoms with E-state index in [2.05, 4.69) is 0 Å². The van der Waals surface area contributed by atoms with Crippen LogP contribution < -0.4 is 19.3 Å². The van der Waals surface area contributed by atoms with Crippen LogP contribution in [0.25, 0.3) is 6.08 Å². The normalized spacial score (nSPS) is 13.4. The van der Waals surface area contributed by atoms with E-state index in [4.69, 9.17) is 33.3 Å². The predicted octanol–water partition coefficient (Wildman–Crippen LogP) is 7.21. The van der Waals surface area contributed by atoms with Crippen LogP contribution in [0.1, 0.15) is 18.1 Å². The molecule has 1 fully saturated rings. The van der Waals surface area contributed by atoms with E-state index in [1.54, 1.807) is 72.8 Å². The Bertz CT molecular complexity index is 1570. The summed E-state index contributed by atoms with van der Waals surface area (Å²) in [7, 11) is 0. The lowest BCUT2D eigenvalue weighted by Gasteiger charge is -2.36. The third-order valence-electron chi connectivity index (χ3n) is 6.22. The highest BCUT2D eigenvalue weighted by atomic mass is 35.5. The topological polar surface area (TPSA) is 59.1 Å². The van der Waals surface area contributed by atoms with E-state index in [9.17, 15) is 14.0 Å². The molecule has 0 radical (unpaired) electrons. The molecule has 0 bridgehead atoms. The van der Waals surface area contributed by atoms with Crippen molar-refractivity contribution in [1.29, 1.82) is 0 Å². The fourth-order valence-electron chi connectivity index (χ4n) is 4.32. The van der Waals surface area contributed by atoms with Crippen molar-refractivity contribution < 1.29 is 23.5 Å². The number of carbonyl (C=O) groups excluding carboxylic acids is 2. The number of amides is 2. The number of anilines is 2. The lowest BCUT2D eigenvalue weighted by Crippen LogP contribution is -2.56. The van der Waals surface area contributed by atoms with Crippen LogP contribution in [-0.4, -0.2) is 23.5 Å². The molecule has 0 spiro atoms. The van der Waals surface area contributed by atoms with Gasteiger partial charge in [-0.25, -0.2) is 4.39 Å².